The Balaban J connectivity index is 1.63. The first-order valence-corrected chi connectivity index (χ1v) is 8.11. The van der Waals surface area contributed by atoms with E-state index in [1.807, 2.05) is 0 Å². The van der Waals surface area contributed by atoms with Crippen LogP contribution in [0.4, 0.5) is 13.2 Å². The summed E-state index contributed by atoms with van der Waals surface area (Å²) in [5.41, 5.74) is 0.330. The first kappa shape index (κ1) is 17.5. The van der Waals surface area contributed by atoms with Crippen LogP contribution < -0.4 is 4.74 Å². The van der Waals surface area contributed by atoms with E-state index >= 15 is 0 Å². The second-order valence-corrected chi connectivity index (χ2v) is 6.64. The minimum atomic E-state index is -4.69. The van der Waals surface area contributed by atoms with Gasteiger partial charge in [-0.3, -0.25) is 4.90 Å². The van der Waals surface area contributed by atoms with Gasteiger partial charge < -0.3 is 14.6 Å². The molecule has 1 aromatic carbocycles. The van der Waals surface area contributed by atoms with Gasteiger partial charge in [0.05, 0.1) is 12.2 Å². The molecule has 0 unspecified atom stereocenters. The van der Waals surface area contributed by atoms with Gasteiger partial charge in [-0.05, 0) is 32.0 Å². The Morgan fingerprint density at radius 3 is 2.50 bits per heavy atom. The normalized spacial score (nSPS) is 27.0. The van der Waals surface area contributed by atoms with Crippen LogP contribution in [0.15, 0.2) is 24.3 Å². The van der Waals surface area contributed by atoms with Crippen LogP contribution in [0.5, 0.6) is 5.75 Å². The first-order chi connectivity index (χ1) is 11.3. The van der Waals surface area contributed by atoms with Crippen molar-refractivity contribution in [3.63, 3.8) is 0 Å². The number of benzene rings is 1. The number of methoxy groups -OCH3 is 1. The highest BCUT2D eigenvalue weighted by Gasteiger charge is 2.55. The van der Waals surface area contributed by atoms with Crippen molar-refractivity contribution in [2.75, 3.05) is 20.2 Å². The molecule has 0 radical (unpaired) electrons. The fourth-order valence-corrected chi connectivity index (χ4v) is 3.94. The van der Waals surface area contributed by atoms with Crippen molar-refractivity contribution in [3.8, 4) is 5.75 Å². The summed E-state index contributed by atoms with van der Waals surface area (Å²) in [6.07, 6.45) is -2.71. The third-order valence-corrected chi connectivity index (χ3v) is 5.41. The number of ether oxygens (including phenoxy) is 2. The molecule has 1 spiro atoms. The lowest BCUT2D eigenvalue weighted by Gasteiger charge is -2.56. The molecule has 1 N–H and O–H groups in total. The Morgan fingerprint density at radius 2 is 1.92 bits per heavy atom. The molecule has 0 bridgehead atoms. The molecule has 1 saturated carbocycles. The van der Waals surface area contributed by atoms with Crippen LogP contribution in [0, 0.1) is 5.41 Å². The molecule has 4 nitrogen and oxygen atoms in total. The van der Waals surface area contributed by atoms with Crippen molar-refractivity contribution in [2.24, 2.45) is 5.41 Å². The number of aliphatic hydroxyl groups excluding tert-OH is 1. The van der Waals surface area contributed by atoms with Gasteiger partial charge in [0.2, 0.25) is 0 Å². The maximum absolute atomic E-state index is 12.5. The number of hydrogen-bond donors (Lipinski definition) is 1. The minimum Gasteiger partial charge on any atom is -0.405 e. The minimum absolute atomic E-state index is 0.0792. The number of halogens is 3. The molecule has 2 atom stereocenters. The number of para-hydroxylation sites is 1. The number of hydrogen-bond acceptors (Lipinski definition) is 4. The summed E-state index contributed by atoms with van der Waals surface area (Å²) in [6, 6.07) is 6.23. The summed E-state index contributed by atoms with van der Waals surface area (Å²) in [5, 5.41) is 10.1. The molecule has 1 aromatic rings. The van der Waals surface area contributed by atoms with E-state index in [0.29, 0.717) is 18.5 Å². The summed E-state index contributed by atoms with van der Waals surface area (Å²) in [7, 11) is 1.66. The quantitative estimate of drug-likeness (QED) is 0.911. The molecule has 2 aliphatic rings. The van der Waals surface area contributed by atoms with Gasteiger partial charge in [0.1, 0.15) is 5.75 Å². The van der Waals surface area contributed by atoms with Crippen LogP contribution >= 0.6 is 0 Å². The Bertz CT molecular complexity index is 570. The highest BCUT2D eigenvalue weighted by molar-refractivity contribution is 5.33. The number of rotatable bonds is 4. The Hall–Kier alpha value is -1.31. The van der Waals surface area contributed by atoms with Crippen LogP contribution in [0.1, 0.15) is 24.8 Å². The zero-order valence-corrected chi connectivity index (χ0v) is 13.6. The van der Waals surface area contributed by atoms with E-state index in [0.717, 1.165) is 25.9 Å². The third kappa shape index (κ3) is 3.38. The number of piperidine rings is 1. The van der Waals surface area contributed by atoms with Crippen molar-refractivity contribution >= 4 is 0 Å². The fourth-order valence-electron chi connectivity index (χ4n) is 3.94. The van der Waals surface area contributed by atoms with Crippen molar-refractivity contribution in [1.82, 2.24) is 4.90 Å². The molecule has 1 saturated heterocycles. The molecule has 1 aliphatic carbocycles. The summed E-state index contributed by atoms with van der Waals surface area (Å²) >= 11 is 0. The van der Waals surface area contributed by atoms with Gasteiger partial charge in [0, 0.05) is 31.1 Å². The summed E-state index contributed by atoms with van der Waals surface area (Å²) in [5.74, 6) is -0.149. The Morgan fingerprint density at radius 1 is 1.25 bits per heavy atom. The maximum Gasteiger partial charge on any atom is 0.573 e. The molecule has 1 aliphatic heterocycles. The van der Waals surface area contributed by atoms with Gasteiger partial charge in [0.15, 0.2) is 0 Å². The predicted octanol–water partition coefficient (Wildman–Crippen LogP) is 2.95. The SMILES string of the molecule is CO[C@H]1C[C@@H](O)C12CCN(Cc1ccccc1OC(F)(F)F)CC2. The summed E-state index contributed by atoms with van der Waals surface area (Å²) < 4.78 is 47.1. The molecule has 134 valence electrons. The zero-order valence-electron chi connectivity index (χ0n) is 13.6. The van der Waals surface area contributed by atoms with E-state index in [1.54, 1.807) is 19.2 Å². The predicted molar refractivity (Wildman–Crippen MR) is 81.5 cm³/mol. The van der Waals surface area contributed by atoms with E-state index in [-0.39, 0.29) is 23.4 Å². The lowest BCUT2D eigenvalue weighted by Crippen LogP contribution is -2.61. The highest BCUT2D eigenvalue weighted by atomic mass is 19.4. The Labute approximate surface area is 139 Å². The summed E-state index contributed by atoms with van der Waals surface area (Å²) in [4.78, 5) is 2.10. The van der Waals surface area contributed by atoms with Gasteiger partial charge >= 0.3 is 6.36 Å². The first-order valence-electron chi connectivity index (χ1n) is 8.11. The van der Waals surface area contributed by atoms with Gasteiger partial charge in [-0.25, -0.2) is 0 Å². The lowest BCUT2D eigenvalue weighted by atomic mass is 9.58. The van der Waals surface area contributed by atoms with Crippen LogP contribution in [0.25, 0.3) is 0 Å². The van der Waals surface area contributed by atoms with Gasteiger partial charge in [-0.1, -0.05) is 18.2 Å². The average Bonchev–Trinajstić information content (AvgIpc) is 2.53. The molecule has 3 rings (SSSR count). The maximum atomic E-state index is 12.5. The molecular weight excluding hydrogens is 323 g/mol. The van der Waals surface area contributed by atoms with Crippen LogP contribution in [0.2, 0.25) is 0 Å². The molecule has 2 fully saturated rings. The zero-order chi connectivity index (χ0) is 17.4. The highest BCUT2D eigenvalue weighted by Crippen LogP contribution is 2.50. The second-order valence-electron chi connectivity index (χ2n) is 6.64. The smallest absolute Gasteiger partial charge is 0.405 e. The molecule has 0 aromatic heterocycles. The summed E-state index contributed by atoms with van der Waals surface area (Å²) in [6.45, 7) is 1.84. The average molecular weight is 345 g/mol. The molecule has 24 heavy (non-hydrogen) atoms. The van der Waals surface area contributed by atoms with Crippen molar-refractivity contribution < 1.29 is 27.8 Å². The third-order valence-electron chi connectivity index (χ3n) is 5.41. The molecule has 1 heterocycles. The molecular formula is C17H22F3NO3. The Kier molecular flexibility index (Phi) is 4.77. The fraction of sp³-hybridized carbons (Fsp3) is 0.647. The monoisotopic (exact) mass is 345 g/mol. The van der Waals surface area contributed by atoms with E-state index in [9.17, 15) is 18.3 Å². The topological polar surface area (TPSA) is 41.9 Å². The number of likely N-dealkylation sites (tertiary alicyclic amines) is 1. The molecule has 7 heteroatoms. The lowest BCUT2D eigenvalue weighted by molar-refractivity contribution is -0.275. The number of aliphatic hydroxyl groups is 1. The van der Waals surface area contributed by atoms with Gasteiger partial charge in [0.25, 0.3) is 0 Å². The number of alkyl halides is 3. The van der Waals surface area contributed by atoms with Crippen LogP contribution in [-0.2, 0) is 11.3 Å². The van der Waals surface area contributed by atoms with E-state index in [2.05, 4.69) is 9.64 Å². The van der Waals surface area contributed by atoms with Gasteiger partial charge in [-0.2, -0.15) is 0 Å². The van der Waals surface area contributed by atoms with E-state index < -0.39 is 6.36 Å². The molecule has 0 amide bonds. The van der Waals surface area contributed by atoms with E-state index in [1.165, 1.54) is 12.1 Å². The van der Waals surface area contributed by atoms with Crippen molar-refractivity contribution in [2.45, 2.75) is 44.4 Å². The van der Waals surface area contributed by atoms with E-state index in [4.69, 9.17) is 4.74 Å². The largest absolute Gasteiger partial charge is 0.573 e. The standard InChI is InChI=1S/C17H22F3NO3/c1-23-15-10-14(22)16(15)6-8-21(9-7-16)11-12-4-2-3-5-13(12)24-17(18,19)20/h2-5,14-15,22H,6-11H2,1H3/t14-,15+/m1/s1. The number of nitrogens with zero attached hydrogens (tertiary/aromatic N) is 1. The van der Waals surface area contributed by atoms with Crippen molar-refractivity contribution in [1.29, 1.82) is 0 Å². The van der Waals surface area contributed by atoms with Crippen LogP contribution in [-0.4, -0.2) is 48.8 Å². The van der Waals surface area contributed by atoms with Gasteiger partial charge in [-0.15, -0.1) is 13.2 Å². The van der Waals surface area contributed by atoms with Crippen LogP contribution in [0.3, 0.4) is 0 Å². The second kappa shape index (κ2) is 6.54. The van der Waals surface area contributed by atoms with Crippen molar-refractivity contribution in [3.05, 3.63) is 29.8 Å².